The third kappa shape index (κ3) is 4.66. The molecule has 1 saturated heterocycles. The lowest BCUT2D eigenvalue weighted by Gasteiger charge is -2.35. The van der Waals surface area contributed by atoms with Crippen molar-refractivity contribution in [2.24, 2.45) is 0 Å². The van der Waals surface area contributed by atoms with Gasteiger partial charge < -0.3 is 10.1 Å². The Morgan fingerprint density at radius 2 is 1.96 bits per heavy atom. The molecule has 2 atom stereocenters. The number of aromatic nitrogens is 1. The number of hydrogen-bond acceptors (Lipinski definition) is 5. The molecular weight excluding hydrogens is 334 g/mol. The van der Waals surface area contributed by atoms with Gasteiger partial charge >= 0.3 is 0 Å². The maximum Gasteiger partial charge on any atom is 0.263 e. The first-order valence-corrected chi connectivity index (χ1v) is 9.53. The predicted molar refractivity (Wildman–Crippen MR) is 99.7 cm³/mol. The van der Waals surface area contributed by atoms with Gasteiger partial charge in [0.2, 0.25) is 0 Å². The molecule has 25 heavy (non-hydrogen) atoms. The summed E-state index contributed by atoms with van der Waals surface area (Å²) in [6.45, 7) is 9.38. The highest BCUT2D eigenvalue weighted by atomic mass is 32.1. The largest absolute Gasteiger partial charge is 0.373 e. The van der Waals surface area contributed by atoms with E-state index >= 15 is 0 Å². The molecule has 1 aliphatic heterocycles. The number of ether oxygens (including phenoxy) is 1. The second-order valence-electron chi connectivity index (χ2n) is 6.67. The van der Waals surface area contributed by atoms with Crippen molar-refractivity contribution >= 4 is 17.2 Å². The predicted octanol–water partition coefficient (Wildman–Crippen LogP) is 2.99. The molecule has 0 unspecified atom stereocenters. The van der Waals surface area contributed by atoms with Crippen LogP contribution in [-0.2, 0) is 17.8 Å². The average molecular weight is 359 g/mol. The van der Waals surface area contributed by atoms with Crippen LogP contribution in [0.2, 0.25) is 0 Å². The van der Waals surface area contributed by atoms with E-state index in [-0.39, 0.29) is 18.1 Å². The van der Waals surface area contributed by atoms with E-state index in [0.29, 0.717) is 11.4 Å². The number of carbonyl (C=O) groups is 1. The van der Waals surface area contributed by atoms with Gasteiger partial charge in [-0.1, -0.05) is 24.3 Å². The van der Waals surface area contributed by atoms with Crippen LogP contribution in [0.4, 0.5) is 0 Å². The molecule has 0 aliphatic carbocycles. The monoisotopic (exact) mass is 359 g/mol. The summed E-state index contributed by atoms with van der Waals surface area (Å²) in [6, 6.07) is 8.31. The molecule has 0 spiro atoms. The Labute approximate surface area is 153 Å². The number of benzene rings is 1. The lowest BCUT2D eigenvalue weighted by Crippen LogP contribution is -2.45. The van der Waals surface area contributed by atoms with Crippen molar-refractivity contribution in [2.45, 2.75) is 46.1 Å². The summed E-state index contributed by atoms with van der Waals surface area (Å²) in [5, 5.41) is 3.03. The third-order valence-electron chi connectivity index (χ3n) is 4.40. The molecule has 1 aromatic carbocycles. The molecule has 1 aromatic heterocycles. The van der Waals surface area contributed by atoms with Crippen molar-refractivity contribution in [3.63, 3.8) is 0 Å². The highest BCUT2D eigenvalue weighted by Gasteiger charge is 2.22. The van der Waals surface area contributed by atoms with Gasteiger partial charge in [-0.25, -0.2) is 4.98 Å². The lowest BCUT2D eigenvalue weighted by molar-refractivity contribution is -0.0705. The Hall–Kier alpha value is -1.76. The minimum absolute atomic E-state index is 0.0524. The summed E-state index contributed by atoms with van der Waals surface area (Å²) >= 11 is 1.38. The number of hydrogen-bond donors (Lipinski definition) is 1. The summed E-state index contributed by atoms with van der Waals surface area (Å²) in [5.41, 5.74) is 4.90. The normalized spacial score (nSPS) is 21.2. The van der Waals surface area contributed by atoms with Crippen molar-refractivity contribution in [1.29, 1.82) is 0 Å². The number of thiazole rings is 1. The number of rotatable bonds is 5. The Morgan fingerprint density at radius 1 is 1.28 bits per heavy atom. The molecular formula is C19H25N3O2S. The van der Waals surface area contributed by atoms with Gasteiger partial charge in [-0.3, -0.25) is 9.69 Å². The van der Waals surface area contributed by atoms with Gasteiger partial charge in [-0.05, 0) is 31.9 Å². The quantitative estimate of drug-likeness (QED) is 0.892. The van der Waals surface area contributed by atoms with Crippen LogP contribution in [0, 0.1) is 6.92 Å². The zero-order valence-corrected chi connectivity index (χ0v) is 15.8. The topological polar surface area (TPSA) is 54.5 Å². The fourth-order valence-corrected chi connectivity index (χ4v) is 4.03. The standard InChI is InChI=1S/C19H25N3O2S/c1-13-9-22(10-14(2)24-13)11-17-7-5-4-6-16(17)8-20-19(23)18-15(3)21-12-25-18/h4-7,12-14H,8-11H2,1-3H3,(H,20,23)/t13-,14+. The first-order chi connectivity index (χ1) is 12.0. The van der Waals surface area contributed by atoms with Crippen LogP contribution in [-0.4, -0.2) is 41.1 Å². The highest BCUT2D eigenvalue weighted by Crippen LogP contribution is 2.17. The van der Waals surface area contributed by atoms with Gasteiger partial charge in [0.05, 0.1) is 23.4 Å². The minimum atomic E-state index is -0.0524. The maximum absolute atomic E-state index is 12.3. The average Bonchev–Trinajstić information content (AvgIpc) is 2.99. The molecule has 134 valence electrons. The fourth-order valence-electron chi connectivity index (χ4n) is 3.31. The molecule has 2 heterocycles. The number of morpholine rings is 1. The van der Waals surface area contributed by atoms with Crippen molar-refractivity contribution in [3.05, 3.63) is 51.5 Å². The molecule has 0 bridgehead atoms. The number of nitrogens with zero attached hydrogens (tertiary/aromatic N) is 2. The Bertz CT molecular complexity index is 721. The third-order valence-corrected chi connectivity index (χ3v) is 5.33. The molecule has 1 aliphatic rings. The molecule has 5 nitrogen and oxygen atoms in total. The van der Waals surface area contributed by atoms with E-state index in [2.05, 4.69) is 47.2 Å². The first kappa shape index (κ1) is 18.0. The lowest BCUT2D eigenvalue weighted by atomic mass is 10.1. The Kier molecular flexibility index (Phi) is 5.83. The van der Waals surface area contributed by atoms with Gasteiger partial charge in [0.25, 0.3) is 5.91 Å². The minimum Gasteiger partial charge on any atom is -0.373 e. The zero-order chi connectivity index (χ0) is 17.8. The van der Waals surface area contributed by atoms with E-state index in [1.54, 1.807) is 5.51 Å². The van der Waals surface area contributed by atoms with Crippen LogP contribution in [0.5, 0.6) is 0 Å². The van der Waals surface area contributed by atoms with E-state index in [0.717, 1.165) is 30.9 Å². The fraction of sp³-hybridized carbons (Fsp3) is 0.474. The summed E-state index contributed by atoms with van der Waals surface area (Å²) in [5.74, 6) is -0.0524. The number of amides is 1. The van der Waals surface area contributed by atoms with E-state index < -0.39 is 0 Å². The van der Waals surface area contributed by atoms with Crippen LogP contribution in [0.3, 0.4) is 0 Å². The van der Waals surface area contributed by atoms with Crippen molar-refractivity contribution in [1.82, 2.24) is 15.2 Å². The van der Waals surface area contributed by atoms with Gasteiger partial charge in [-0.15, -0.1) is 11.3 Å². The second-order valence-corrected chi connectivity index (χ2v) is 7.52. The molecule has 0 radical (unpaired) electrons. The number of nitrogens with one attached hydrogen (secondary N) is 1. The molecule has 1 amide bonds. The van der Waals surface area contributed by atoms with Crippen LogP contribution in [0.15, 0.2) is 29.8 Å². The van der Waals surface area contributed by atoms with Gasteiger partial charge in [-0.2, -0.15) is 0 Å². The summed E-state index contributed by atoms with van der Waals surface area (Å²) in [6.07, 6.45) is 0.509. The summed E-state index contributed by atoms with van der Waals surface area (Å²) in [7, 11) is 0. The Balaban J connectivity index is 1.65. The number of aryl methyl sites for hydroxylation is 1. The van der Waals surface area contributed by atoms with Crippen LogP contribution >= 0.6 is 11.3 Å². The molecule has 1 N–H and O–H groups in total. The van der Waals surface area contributed by atoms with Crippen molar-refractivity contribution in [3.8, 4) is 0 Å². The van der Waals surface area contributed by atoms with Gasteiger partial charge in [0.15, 0.2) is 0 Å². The van der Waals surface area contributed by atoms with E-state index in [1.807, 2.05) is 13.0 Å². The molecule has 0 saturated carbocycles. The smallest absolute Gasteiger partial charge is 0.263 e. The first-order valence-electron chi connectivity index (χ1n) is 8.66. The van der Waals surface area contributed by atoms with E-state index in [4.69, 9.17) is 4.74 Å². The van der Waals surface area contributed by atoms with Crippen molar-refractivity contribution in [2.75, 3.05) is 13.1 Å². The van der Waals surface area contributed by atoms with E-state index in [1.165, 1.54) is 16.9 Å². The highest BCUT2D eigenvalue weighted by molar-refractivity contribution is 7.11. The Morgan fingerprint density at radius 3 is 2.60 bits per heavy atom. The van der Waals surface area contributed by atoms with Crippen molar-refractivity contribution < 1.29 is 9.53 Å². The zero-order valence-electron chi connectivity index (χ0n) is 15.0. The van der Waals surface area contributed by atoms with Gasteiger partial charge in [0.1, 0.15) is 4.88 Å². The molecule has 2 aromatic rings. The number of carbonyl (C=O) groups excluding carboxylic acids is 1. The molecule has 6 heteroatoms. The molecule has 3 rings (SSSR count). The van der Waals surface area contributed by atoms with Crippen LogP contribution in [0.1, 0.15) is 40.3 Å². The SMILES string of the molecule is Cc1ncsc1C(=O)NCc1ccccc1CN1C[C@@H](C)O[C@@H](C)C1. The van der Waals surface area contributed by atoms with Crippen LogP contribution in [0.25, 0.3) is 0 Å². The van der Waals surface area contributed by atoms with Gasteiger partial charge in [0, 0.05) is 26.2 Å². The summed E-state index contributed by atoms with van der Waals surface area (Å²) in [4.78, 5) is 19.6. The summed E-state index contributed by atoms with van der Waals surface area (Å²) < 4.78 is 5.81. The maximum atomic E-state index is 12.3. The second kappa shape index (κ2) is 8.08. The van der Waals surface area contributed by atoms with E-state index in [9.17, 15) is 4.79 Å². The van der Waals surface area contributed by atoms with Crippen LogP contribution < -0.4 is 5.32 Å². The molecule has 1 fully saturated rings.